The van der Waals surface area contributed by atoms with Gasteiger partial charge in [0.15, 0.2) is 5.78 Å². The van der Waals surface area contributed by atoms with Crippen LogP contribution in [0, 0.1) is 0 Å². The fraction of sp³-hybridized carbons (Fsp3) is 0.312. The number of Topliss-reactive ketones (excluding diaryl/α,β-unsaturated/α-hetero) is 1. The monoisotopic (exact) mass is 318 g/mol. The lowest BCUT2D eigenvalue weighted by Crippen LogP contribution is -2.40. The molecule has 1 aliphatic rings. The molecule has 0 saturated heterocycles. The number of carbonyl (C=O) groups is 1. The number of nitrogens with zero attached hydrogens (tertiary/aromatic N) is 2. The first-order valence-electron chi connectivity index (χ1n) is 7.19. The zero-order valence-corrected chi connectivity index (χ0v) is 13.4. The van der Waals surface area contributed by atoms with E-state index in [0.717, 1.165) is 5.69 Å². The molecule has 1 aromatic carbocycles. The quantitative estimate of drug-likeness (QED) is 0.817. The summed E-state index contributed by atoms with van der Waals surface area (Å²) in [7, 11) is -3.62. The summed E-state index contributed by atoms with van der Waals surface area (Å²) in [5, 5.41) is 0. The van der Waals surface area contributed by atoms with Crippen LogP contribution in [0.25, 0.3) is 0 Å². The number of aromatic nitrogens is 1. The average Bonchev–Trinajstić information content (AvgIpc) is 2.97. The predicted molar refractivity (Wildman–Crippen MR) is 83.2 cm³/mol. The van der Waals surface area contributed by atoms with Crippen LogP contribution in [0.4, 0.5) is 0 Å². The third kappa shape index (κ3) is 2.38. The largest absolute Gasteiger partial charge is 0.349 e. The molecule has 0 aliphatic carbocycles. The molecule has 116 valence electrons. The maximum atomic E-state index is 12.9. The molecule has 1 atom stereocenters. The fourth-order valence-corrected chi connectivity index (χ4v) is 4.54. The van der Waals surface area contributed by atoms with E-state index in [9.17, 15) is 13.2 Å². The Kier molecular flexibility index (Phi) is 3.66. The van der Waals surface area contributed by atoms with Crippen LogP contribution in [0.2, 0.25) is 0 Å². The summed E-state index contributed by atoms with van der Waals surface area (Å²) in [4.78, 5) is 11.7. The molecule has 1 aliphatic heterocycles. The van der Waals surface area contributed by atoms with Gasteiger partial charge in [0.05, 0.1) is 10.9 Å². The highest BCUT2D eigenvalue weighted by molar-refractivity contribution is 7.89. The maximum absolute atomic E-state index is 12.9. The van der Waals surface area contributed by atoms with E-state index in [2.05, 4.69) is 4.57 Å². The Morgan fingerprint density at radius 1 is 1.18 bits per heavy atom. The van der Waals surface area contributed by atoms with Crippen molar-refractivity contribution in [1.29, 1.82) is 0 Å². The van der Waals surface area contributed by atoms with E-state index >= 15 is 0 Å². The first-order valence-corrected chi connectivity index (χ1v) is 8.63. The van der Waals surface area contributed by atoms with Crippen LogP contribution in [0.3, 0.4) is 0 Å². The van der Waals surface area contributed by atoms with Crippen molar-refractivity contribution >= 4 is 15.8 Å². The Morgan fingerprint density at radius 2 is 1.95 bits per heavy atom. The number of fused-ring (bicyclic) bond motifs is 1. The van der Waals surface area contributed by atoms with Crippen molar-refractivity contribution in [1.82, 2.24) is 8.87 Å². The van der Waals surface area contributed by atoms with Crippen molar-refractivity contribution in [2.75, 3.05) is 6.54 Å². The van der Waals surface area contributed by atoms with Crippen LogP contribution in [0.5, 0.6) is 0 Å². The number of benzene rings is 1. The van der Waals surface area contributed by atoms with Crippen molar-refractivity contribution < 1.29 is 13.2 Å². The zero-order chi connectivity index (χ0) is 15.9. The average molecular weight is 318 g/mol. The summed E-state index contributed by atoms with van der Waals surface area (Å²) < 4.78 is 29.4. The van der Waals surface area contributed by atoms with Crippen LogP contribution in [0.15, 0.2) is 47.5 Å². The highest BCUT2D eigenvalue weighted by Crippen LogP contribution is 2.31. The van der Waals surface area contributed by atoms with Gasteiger partial charge in [0.1, 0.15) is 0 Å². The Hall–Kier alpha value is -1.92. The molecular weight excluding hydrogens is 300 g/mol. The van der Waals surface area contributed by atoms with Crippen molar-refractivity contribution in [2.24, 2.45) is 0 Å². The van der Waals surface area contributed by atoms with Crippen LogP contribution in [0.1, 0.15) is 35.9 Å². The van der Waals surface area contributed by atoms with Gasteiger partial charge >= 0.3 is 0 Å². The van der Waals surface area contributed by atoms with Crippen molar-refractivity contribution in [3.05, 3.63) is 53.9 Å². The molecule has 0 bridgehead atoms. The molecule has 5 nitrogen and oxygen atoms in total. The molecule has 6 heteroatoms. The normalized spacial score (nSPS) is 18.9. The number of ketones is 1. The highest BCUT2D eigenvalue weighted by atomic mass is 32.2. The minimum absolute atomic E-state index is 0.141. The fourth-order valence-electron chi connectivity index (χ4n) is 2.90. The van der Waals surface area contributed by atoms with Crippen LogP contribution in [-0.2, 0) is 16.6 Å². The number of rotatable bonds is 3. The Morgan fingerprint density at radius 3 is 2.68 bits per heavy atom. The van der Waals surface area contributed by atoms with Crippen molar-refractivity contribution in [3.8, 4) is 0 Å². The second kappa shape index (κ2) is 5.37. The summed E-state index contributed by atoms with van der Waals surface area (Å²) in [6.45, 7) is 4.38. The van der Waals surface area contributed by atoms with E-state index < -0.39 is 10.0 Å². The molecule has 2 heterocycles. The molecule has 1 aromatic heterocycles. The van der Waals surface area contributed by atoms with Gasteiger partial charge in [-0.3, -0.25) is 4.79 Å². The lowest BCUT2D eigenvalue weighted by molar-refractivity contribution is 0.101. The van der Waals surface area contributed by atoms with E-state index in [4.69, 9.17) is 0 Å². The van der Waals surface area contributed by atoms with E-state index in [1.165, 1.54) is 17.3 Å². The van der Waals surface area contributed by atoms with Crippen LogP contribution in [-0.4, -0.2) is 29.6 Å². The minimum atomic E-state index is -3.62. The summed E-state index contributed by atoms with van der Waals surface area (Å²) in [6, 6.07) is 9.89. The van der Waals surface area contributed by atoms with Gasteiger partial charge < -0.3 is 4.57 Å². The number of hydrogen-bond acceptors (Lipinski definition) is 3. The van der Waals surface area contributed by atoms with E-state index in [1.807, 2.05) is 25.3 Å². The van der Waals surface area contributed by atoms with Gasteiger partial charge in [-0.15, -0.1) is 0 Å². The smallest absolute Gasteiger partial charge is 0.243 e. The Bertz CT molecular complexity index is 823. The summed E-state index contributed by atoms with van der Waals surface area (Å²) in [5.41, 5.74) is 1.40. The van der Waals surface area contributed by atoms with Gasteiger partial charge in [-0.2, -0.15) is 4.31 Å². The topological polar surface area (TPSA) is 59.4 Å². The molecule has 0 saturated carbocycles. The number of carbonyl (C=O) groups excluding carboxylic acids is 1. The van der Waals surface area contributed by atoms with E-state index in [-0.39, 0.29) is 16.7 Å². The third-order valence-corrected chi connectivity index (χ3v) is 6.10. The SMILES string of the molecule is CC(=O)c1cccc(S(=O)(=O)N2CCn3cccc3[C@H]2C)c1. The Labute approximate surface area is 130 Å². The molecule has 2 aromatic rings. The second-order valence-corrected chi connectivity index (χ2v) is 7.39. The lowest BCUT2D eigenvalue weighted by atomic mass is 10.2. The molecule has 22 heavy (non-hydrogen) atoms. The lowest BCUT2D eigenvalue weighted by Gasteiger charge is -2.33. The molecule has 0 radical (unpaired) electrons. The zero-order valence-electron chi connectivity index (χ0n) is 12.6. The number of sulfonamides is 1. The highest BCUT2D eigenvalue weighted by Gasteiger charge is 2.33. The van der Waals surface area contributed by atoms with Crippen LogP contribution >= 0.6 is 0 Å². The molecule has 0 N–H and O–H groups in total. The minimum Gasteiger partial charge on any atom is -0.349 e. The standard InChI is InChI=1S/C16H18N2O3S/c1-12-16-7-4-8-17(16)9-10-18(12)22(20,21)15-6-3-5-14(11-15)13(2)19/h3-8,11-12H,9-10H2,1-2H3/t12-/m1/s1. The van der Waals surface area contributed by atoms with E-state index in [1.54, 1.807) is 18.2 Å². The van der Waals surface area contributed by atoms with Gasteiger partial charge in [-0.1, -0.05) is 12.1 Å². The molecule has 3 rings (SSSR count). The Balaban J connectivity index is 2.01. The molecular formula is C16H18N2O3S. The first-order chi connectivity index (χ1) is 10.4. The van der Waals surface area contributed by atoms with Crippen LogP contribution < -0.4 is 0 Å². The van der Waals surface area contributed by atoms with Gasteiger partial charge in [-0.25, -0.2) is 8.42 Å². The van der Waals surface area contributed by atoms with E-state index in [0.29, 0.717) is 18.7 Å². The molecule has 0 amide bonds. The maximum Gasteiger partial charge on any atom is 0.243 e. The third-order valence-electron chi connectivity index (χ3n) is 4.13. The van der Waals surface area contributed by atoms with Crippen molar-refractivity contribution in [3.63, 3.8) is 0 Å². The second-order valence-electron chi connectivity index (χ2n) is 5.50. The number of hydrogen-bond donors (Lipinski definition) is 0. The van der Waals surface area contributed by atoms with Gasteiger partial charge in [0, 0.05) is 30.5 Å². The van der Waals surface area contributed by atoms with Gasteiger partial charge in [0.25, 0.3) is 0 Å². The molecule has 0 unspecified atom stereocenters. The van der Waals surface area contributed by atoms with Gasteiger partial charge in [0.2, 0.25) is 10.0 Å². The molecule has 0 spiro atoms. The summed E-state index contributed by atoms with van der Waals surface area (Å²) in [5.74, 6) is -0.141. The predicted octanol–water partition coefficient (Wildman–Crippen LogP) is 2.46. The summed E-state index contributed by atoms with van der Waals surface area (Å²) in [6.07, 6.45) is 1.96. The summed E-state index contributed by atoms with van der Waals surface area (Å²) >= 11 is 0. The van der Waals surface area contributed by atoms with Gasteiger partial charge in [-0.05, 0) is 38.1 Å². The van der Waals surface area contributed by atoms with Crippen molar-refractivity contribution in [2.45, 2.75) is 31.3 Å². The first kappa shape index (κ1) is 15.0. The molecule has 0 fully saturated rings.